The van der Waals surface area contributed by atoms with Crippen molar-refractivity contribution in [3.8, 4) is 0 Å². The summed E-state index contributed by atoms with van der Waals surface area (Å²) in [5, 5.41) is 0. The van der Waals surface area contributed by atoms with Gasteiger partial charge in [-0.25, -0.2) is 0 Å². The van der Waals surface area contributed by atoms with Crippen LogP contribution < -0.4 is 0 Å². The number of carbonyl (C=O) groups excluding carboxylic acids is 1. The molecule has 1 nitrogen and oxygen atoms in total. The van der Waals surface area contributed by atoms with Gasteiger partial charge in [0, 0.05) is 12.3 Å². The average molecular weight is 218 g/mol. The van der Waals surface area contributed by atoms with Gasteiger partial charge in [-0.2, -0.15) is 0 Å². The van der Waals surface area contributed by atoms with E-state index in [4.69, 9.17) is 0 Å². The van der Waals surface area contributed by atoms with Crippen molar-refractivity contribution in [3.05, 3.63) is 11.6 Å². The quantitative estimate of drug-likeness (QED) is 0.568. The highest BCUT2D eigenvalue weighted by Gasteiger charge is 2.66. The van der Waals surface area contributed by atoms with Crippen LogP contribution in [0.25, 0.3) is 0 Å². The van der Waals surface area contributed by atoms with Gasteiger partial charge in [0.1, 0.15) is 5.78 Å². The first-order valence-electron chi connectivity index (χ1n) is 6.59. The predicted molar refractivity (Wildman–Crippen MR) is 65.0 cm³/mol. The summed E-state index contributed by atoms with van der Waals surface area (Å²) in [4.78, 5) is 12.3. The van der Waals surface area contributed by atoms with Crippen molar-refractivity contribution >= 4 is 5.78 Å². The minimum Gasteiger partial charge on any atom is -0.299 e. The molecule has 0 saturated heterocycles. The van der Waals surface area contributed by atoms with Gasteiger partial charge in [0.2, 0.25) is 0 Å². The van der Waals surface area contributed by atoms with Gasteiger partial charge in [-0.15, -0.1) is 0 Å². The zero-order chi connectivity index (χ0) is 11.7. The Morgan fingerprint density at radius 3 is 2.75 bits per heavy atom. The minimum atomic E-state index is 0.193. The highest BCUT2D eigenvalue weighted by atomic mass is 16.1. The molecular formula is C15H22O. The van der Waals surface area contributed by atoms with Crippen LogP contribution in [-0.4, -0.2) is 5.78 Å². The molecule has 1 heteroatoms. The first kappa shape index (κ1) is 10.6. The van der Waals surface area contributed by atoms with E-state index in [0.717, 1.165) is 12.8 Å². The number of rotatable bonds is 0. The van der Waals surface area contributed by atoms with E-state index < -0.39 is 0 Å². The third-order valence-corrected chi connectivity index (χ3v) is 5.97. The van der Waals surface area contributed by atoms with E-state index in [0.29, 0.717) is 29.0 Å². The van der Waals surface area contributed by atoms with E-state index in [2.05, 4.69) is 33.8 Å². The van der Waals surface area contributed by atoms with E-state index in [1.165, 1.54) is 12.0 Å². The molecule has 0 aromatic carbocycles. The van der Waals surface area contributed by atoms with Crippen LogP contribution in [0.5, 0.6) is 0 Å². The molecule has 4 atom stereocenters. The molecule has 2 fully saturated rings. The van der Waals surface area contributed by atoms with Crippen LogP contribution in [0.15, 0.2) is 11.6 Å². The molecule has 0 amide bonds. The monoisotopic (exact) mass is 218 g/mol. The van der Waals surface area contributed by atoms with Gasteiger partial charge >= 0.3 is 0 Å². The second-order valence-electron chi connectivity index (χ2n) is 6.97. The van der Waals surface area contributed by atoms with Crippen LogP contribution in [0.2, 0.25) is 0 Å². The molecule has 3 rings (SSSR count). The van der Waals surface area contributed by atoms with Gasteiger partial charge in [-0.05, 0) is 42.4 Å². The van der Waals surface area contributed by atoms with Gasteiger partial charge in [0.15, 0.2) is 0 Å². The molecule has 0 N–H and O–H groups in total. The Labute approximate surface area is 98.3 Å². The number of Topliss-reactive ketones (excluding diaryl/α,β-unsaturated/α-hetero) is 1. The smallest absolute Gasteiger partial charge is 0.137 e. The van der Waals surface area contributed by atoms with Gasteiger partial charge in [-0.1, -0.05) is 32.4 Å². The van der Waals surface area contributed by atoms with Crippen molar-refractivity contribution in [2.45, 2.75) is 47.0 Å². The summed E-state index contributed by atoms with van der Waals surface area (Å²) in [5.41, 5.74) is 2.05. The second kappa shape index (κ2) is 2.80. The lowest BCUT2D eigenvalue weighted by Gasteiger charge is -2.35. The third kappa shape index (κ3) is 0.959. The first-order chi connectivity index (χ1) is 7.39. The summed E-state index contributed by atoms with van der Waals surface area (Å²) in [6.07, 6.45) is 5.66. The number of hydrogen-bond donors (Lipinski definition) is 0. The second-order valence-corrected chi connectivity index (χ2v) is 6.97. The third-order valence-electron chi connectivity index (χ3n) is 5.97. The number of hydrogen-bond acceptors (Lipinski definition) is 1. The van der Waals surface area contributed by atoms with Gasteiger partial charge in [-0.3, -0.25) is 4.79 Å². The van der Waals surface area contributed by atoms with Crippen LogP contribution in [0.3, 0.4) is 0 Å². The van der Waals surface area contributed by atoms with Gasteiger partial charge < -0.3 is 0 Å². The van der Waals surface area contributed by atoms with Gasteiger partial charge in [0.05, 0.1) is 0 Å². The van der Waals surface area contributed by atoms with Crippen LogP contribution in [-0.2, 0) is 4.79 Å². The van der Waals surface area contributed by atoms with Crippen molar-refractivity contribution < 1.29 is 4.79 Å². The Morgan fingerprint density at radius 1 is 1.38 bits per heavy atom. The highest BCUT2D eigenvalue weighted by Crippen LogP contribution is 2.69. The lowest BCUT2D eigenvalue weighted by Crippen LogP contribution is -2.33. The lowest BCUT2D eigenvalue weighted by atomic mass is 9.68. The van der Waals surface area contributed by atoms with E-state index in [1.54, 1.807) is 0 Å². The summed E-state index contributed by atoms with van der Waals surface area (Å²) >= 11 is 0. The summed E-state index contributed by atoms with van der Waals surface area (Å²) in [6, 6.07) is 0. The van der Waals surface area contributed by atoms with Crippen LogP contribution in [0, 0.1) is 28.6 Å². The fourth-order valence-electron chi connectivity index (χ4n) is 5.19. The zero-order valence-electron chi connectivity index (χ0n) is 10.8. The zero-order valence-corrected chi connectivity index (χ0v) is 10.8. The number of ketones is 1. The summed E-state index contributed by atoms with van der Waals surface area (Å²) < 4.78 is 0. The normalized spacial score (nSPS) is 49.1. The molecule has 0 radical (unpaired) electrons. The van der Waals surface area contributed by atoms with E-state index in [9.17, 15) is 4.79 Å². The Hall–Kier alpha value is -0.590. The standard InChI is InChI=1S/C15H22O/c1-9-5-6-15-8-11(9)14(3,4)13(15)12(16)7-10(15)2/h5,10-11,13H,6-8H2,1-4H3. The Bertz CT molecular complexity index is 390. The average Bonchev–Trinajstić information content (AvgIpc) is 2.54. The molecule has 1 spiro atoms. The molecule has 0 aliphatic heterocycles. The van der Waals surface area contributed by atoms with E-state index in [1.807, 2.05) is 0 Å². The summed E-state index contributed by atoms with van der Waals surface area (Å²) in [7, 11) is 0. The van der Waals surface area contributed by atoms with Crippen LogP contribution >= 0.6 is 0 Å². The van der Waals surface area contributed by atoms with E-state index in [-0.39, 0.29) is 5.41 Å². The molecule has 0 aromatic rings. The largest absolute Gasteiger partial charge is 0.299 e. The number of carbonyl (C=O) groups is 1. The van der Waals surface area contributed by atoms with Crippen molar-refractivity contribution in [2.75, 3.05) is 0 Å². The van der Waals surface area contributed by atoms with Crippen molar-refractivity contribution in [1.82, 2.24) is 0 Å². The Morgan fingerprint density at radius 2 is 2.06 bits per heavy atom. The molecule has 88 valence electrons. The van der Waals surface area contributed by atoms with E-state index >= 15 is 0 Å². The molecule has 2 saturated carbocycles. The summed E-state index contributed by atoms with van der Waals surface area (Å²) in [5.74, 6) is 2.12. The Kier molecular flexibility index (Phi) is 1.85. The Balaban J connectivity index is 2.16. The van der Waals surface area contributed by atoms with Crippen LogP contribution in [0.4, 0.5) is 0 Å². The number of allylic oxidation sites excluding steroid dienone is 2. The van der Waals surface area contributed by atoms with Gasteiger partial charge in [0.25, 0.3) is 0 Å². The van der Waals surface area contributed by atoms with Crippen molar-refractivity contribution in [3.63, 3.8) is 0 Å². The molecule has 3 aliphatic carbocycles. The maximum absolute atomic E-state index is 12.3. The molecule has 0 aromatic heterocycles. The first-order valence-corrected chi connectivity index (χ1v) is 6.59. The SMILES string of the molecule is CC1=CCC23CC1C(C)(C)C2C(=O)CC3C. The molecule has 0 heterocycles. The summed E-state index contributed by atoms with van der Waals surface area (Å²) in [6.45, 7) is 9.20. The highest BCUT2D eigenvalue weighted by molar-refractivity contribution is 5.86. The van der Waals surface area contributed by atoms with Crippen molar-refractivity contribution in [1.29, 1.82) is 0 Å². The number of fused-ring (bicyclic) bond motifs is 1. The molecule has 16 heavy (non-hydrogen) atoms. The minimum absolute atomic E-state index is 0.193. The topological polar surface area (TPSA) is 17.1 Å². The molecule has 3 aliphatic rings. The maximum Gasteiger partial charge on any atom is 0.137 e. The maximum atomic E-state index is 12.3. The molecular weight excluding hydrogens is 196 g/mol. The van der Waals surface area contributed by atoms with Crippen LogP contribution in [0.1, 0.15) is 47.0 Å². The fraction of sp³-hybridized carbons (Fsp3) is 0.800. The molecule has 2 bridgehead atoms. The predicted octanol–water partition coefficient (Wildman–Crippen LogP) is 3.59. The fourth-order valence-corrected chi connectivity index (χ4v) is 5.19. The van der Waals surface area contributed by atoms with Crippen molar-refractivity contribution in [2.24, 2.45) is 28.6 Å². The molecule has 4 unspecified atom stereocenters. The lowest BCUT2D eigenvalue weighted by molar-refractivity contribution is -0.124.